The molecule has 0 saturated heterocycles. The highest BCUT2D eigenvalue weighted by Gasteiger charge is 2.34. The van der Waals surface area contributed by atoms with Crippen LogP contribution in [0.1, 0.15) is 5.69 Å². The maximum absolute atomic E-state index is 12.9. The molecule has 0 aliphatic carbocycles. The molecule has 3 heterocycles. The lowest BCUT2D eigenvalue weighted by Gasteiger charge is -2.12. The van der Waals surface area contributed by atoms with E-state index in [0.29, 0.717) is 17.1 Å². The van der Waals surface area contributed by atoms with Crippen molar-refractivity contribution in [2.75, 3.05) is 4.90 Å². The van der Waals surface area contributed by atoms with Crippen LogP contribution in [0.5, 0.6) is 0 Å². The maximum Gasteiger partial charge on any atom is 0.268 e. The number of H-pyrrole nitrogens is 2. The van der Waals surface area contributed by atoms with Crippen molar-refractivity contribution >= 4 is 57.4 Å². The molecule has 0 bridgehead atoms. The van der Waals surface area contributed by atoms with Gasteiger partial charge in [-0.05, 0) is 24.3 Å². The predicted molar refractivity (Wildman–Crippen MR) is 104 cm³/mol. The second-order valence-corrected chi connectivity index (χ2v) is 6.05. The molecule has 0 fully saturated rings. The Morgan fingerprint density at radius 3 is 2.04 bits per heavy atom. The van der Waals surface area contributed by atoms with Crippen LogP contribution in [0.4, 0.5) is 5.82 Å². The van der Waals surface area contributed by atoms with E-state index in [-0.39, 0.29) is 24.2 Å². The molecule has 0 spiro atoms. The molecule has 1 aliphatic rings. The first-order valence-corrected chi connectivity index (χ1v) is 7.97. The van der Waals surface area contributed by atoms with Gasteiger partial charge in [0.05, 0.1) is 11.3 Å². The van der Waals surface area contributed by atoms with E-state index in [9.17, 15) is 9.59 Å². The van der Waals surface area contributed by atoms with Crippen LogP contribution in [-0.4, -0.2) is 21.8 Å². The van der Waals surface area contributed by atoms with Crippen LogP contribution in [0.15, 0.2) is 66.7 Å². The van der Waals surface area contributed by atoms with Gasteiger partial charge in [0.1, 0.15) is 5.82 Å². The largest absolute Gasteiger partial charge is 0.354 e. The number of amides is 2. The Kier molecular flexibility index (Phi) is 3.67. The Labute approximate surface area is 154 Å². The molecule has 4 aromatic rings. The number of aromatic amines is 2. The minimum Gasteiger partial charge on any atom is -0.354 e. The summed E-state index contributed by atoms with van der Waals surface area (Å²) in [6, 6.07) is 19.1. The predicted octanol–water partition coefficient (Wildman–Crippen LogP) is 4.03. The maximum atomic E-state index is 12.9. The molecule has 1 aliphatic heterocycles. The smallest absolute Gasteiger partial charge is 0.268 e. The second kappa shape index (κ2) is 5.89. The summed E-state index contributed by atoms with van der Waals surface area (Å²) in [4.78, 5) is 32.9. The Morgan fingerprint density at radius 1 is 0.769 bits per heavy atom. The van der Waals surface area contributed by atoms with E-state index in [1.165, 1.54) is 11.0 Å². The highest BCUT2D eigenvalue weighted by molar-refractivity contribution is 6.43. The summed E-state index contributed by atoms with van der Waals surface area (Å²) in [5.74, 6) is -0.188. The fraction of sp³-hybridized carbons (Fsp3) is 0. The van der Waals surface area contributed by atoms with Gasteiger partial charge in [-0.25, -0.2) is 4.90 Å². The van der Waals surface area contributed by atoms with E-state index in [2.05, 4.69) is 9.97 Å². The van der Waals surface area contributed by atoms with Crippen molar-refractivity contribution in [1.82, 2.24) is 9.97 Å². The Balaban J connectivity index is 0.00000168. The Bertz CT molecular complexity index is 1140. The number of hydrogen-bond acceptors (Lipinski definition) is 2. The Hall–Kier alpha value is -3.31. The number of rotatable bonds is 2. The summed E-state index contributed by atoms with van der Waals surface area (Å²) in [5.41, 5.74) is 2.85. The van der Waals surface area contributed by atoms with Crippen LogP contribution in [0.3, 0.4) is 0 Å². The van der Waals surface area contributed by atoms with Gasteiger partial charge < -0.3 is 9.97 Å². The number of nitrogens with zero attached hydrogens (tertiary/aromatic N) is 1. The quantitative estimate of drug-likeness (QED) is 0.528. The number of halogens is 1. The third kappa shape index (κ3) is 2.33. The van der Waals surface area contributed by atoms with Crippen molar-refractivity contribution in [1.29, 1.82) is 0 Å². The van der Waals surface area contributed by atoms with E-state index >= 15 is 0 Å². The van der Waals surface area contributed by atoms with E-state index in [1.54, 1.807) is 0 Å². The van der Waals surface area contributed by atoms with Gasteiger partial charge in [-0.2, -0.15) is 0 Å². The number of para-hydroxylation sites is 2. The van der Waals surface area contributed by atoms with Crippen LogP contribution in [0.25, 0.3) is 27.4 Å². The topological polar surface area (TPSA) is 69.0 Å². The lowest BCUT2D eigenvalue weighted by atomic mass is 10.2. The number of fused-ring (bicyclic) bond motifs is 2. The first-order chi connectivity index (χ1) is 12.2. The van der Waals surface area contributed by atoms with E-state index in [1.807, 2.05) is 60.7 Å². The van der Waals surface area contributed by atoms with Gasteiger partial charge in [0.25, 0.3) is 11.8 Å². The molecule has 5 rings (SSSR count). The average Bonchev–Trinajstić information content (AvgIpc) is 3.29. The molecule has 2 amide bonds. The zero-order valence-corrected chi connectivity index (χ0v) is 14.3. The van der Waals surface area contributed by atoms with Crippen molar-refractivity contribution in [2.45, 2.75) is 0 Å². The van der Waals surface area contributed by atoms with Gasteiger partial charge in [-0.1, -0.05) is 36.4 Å². The molecule has 2 N–H and O–H groups in total. The molecule has 0 radical (unpaired) electrons. The molecule has 128 valence electrons. The van der Waals surface area contributed by atoms with Crippen LogP contribution in [0.2, 0.25) is 0 Å². The van der Waals surface area contributed by atoms with Crippen molar-refractivity contribution in [2.24, 2.45) is 0 Å². The summed E-state index contributed by atoms with van der Waals surface area (Å²) in [6.07, 6.45) is 1.39. The SMILES string of the molecule is Cl.O=C1C=C(c2cc3ccccc3[nH]2)C(=O)N1c1cc2ccccc2[nH]1. The van der Waals surface area contributed by atoms with Crippen molar-refractivity contribution < 1.29 is 9.59 Å². The molecule has 0 atom stereocenters. The number of hydrogen-bond donors (Lipinski definition) is 2. The molecule has 5 nitrogen and oxygen atoms in total. The number of imide groups is 1. The van der Waals surface area contributed by atoms with E-state index in [0.717, 1.165) is 21.8 Å². The first-order valence-electron chi connectivity index (χ1n) is 7.97. The summed E-state index contributed by atoms with van der Waals surface area (Å²) in [7, 11) is 0. The number of carbonyl (C=O) groups excluding carboxylic acids is 2. The van der Waals surface area contributed by atoms with Crippen LogP contribution in [-0.2, 0) is 9.59 Å². The minimum absolute atomic E-state index is 0. The summed E-state index contributed by atoms with van der Waals surface area (Å²) >= 11 is 0. The molecular weight excluding hydrogens is 350 g/mol. The number of anilines is 1. The monoisotopic (exact) mass is 363 g/mol. The zero-order valence-electron chi connectivity index (χ0n) is 13.5. The van der Waals surface area contributed by atoms with Crippen molar-refractivity contribution in [3.63, 3.8) is 0 Å². The van der Waals surface area contributed by atoms with Gasteiger partial charge in [0.2, 0.25) is 0 Å². The molecule has 0 saturated carbocycles. The first kappa shape index (κ1) is 16.2. The van der Waals surface area contributed by atoms with E-state index in [4.69, 9.17) is 0 Å². The van der Waals surface area contributed by atoms with Crippen LogP contribution in [0, 0.1) is 0 Å². The molecular formula is C20H14ClN3O2. The minimum atomic E-state index is -0.342. The highest BCUT2D eigenvalue weighted by Crippen LogP contribution is 2.31. The fourth-order valence-electron chi connectivity index (χ4n) is 3.29. The normalized spacial score (nSPS) is 14.2. The van der Waals surface area contributed by atoms with Gasteiger partial charge >= 0.3 is 0 Å². The van der Waals surface area contributed by atoms with Crippen LogP contribution < -0.4 is 4.90 Å². The summed E-state index contributed by atoms with van der Waals surface area (Å²) in [6.45, 7) is 0. The van der Waals surface area contributed by atoms with Gasteiger partial charge in [0.15, 0.2) is 0 Å². The lowest BCUT2D eigenvalue weighted by Crippen LogP contribution is -2.30. The molecule has 6 heteroatoms. The van der Waals surface area contributed by atoms with Crippen LogP contribution >= 0.6 is 12.4 Å². The zero-order chi connectivity index (χ0) is 17.0. The molecule has 26 heavy (non-hydrogen) atoms. The van der Waals surface area contributed by atoms with Crippen molar-refractivity contribution in [3.05, 3.63) is 72.4 Å². The molecule has 0 unspecified atom stereocenters. The molecule has 2 aromatic carbocycles. The Morgan fingerprint density at radius 2 is 1.38 bits per heavy atom. The third-order valence-corrected chi connectivity index (χ3v) is 4.50. The number of benzene rings is 2. The third-order valence-electron chi connectivity index (χ3n) is 4.50. The standard InChI is InChI=1S/C20H13N3O2.ClH/c24-19-11-14(17-9-12-5-1-3-7-15(12)21-17)20(25)23(19)18-10-13-6-2-4-8-16(13)22-18;/h1-11,21-22H;1H. The molecule has 2 aromatic heterocycles. The van der Waals surface area contributed by atoms with Gasteiger partial charge in [0, 0.05) is 27.9 Å². The average molecular weight is 364 g/mol. The lowest BCUT2D eigenvalue weighted by molar-refractivity contribution is -0.119. The summed E-state index contributed by atoms with van der Waals surface area (Å²) < 4.78 is 0. The highest BCUT2D eigenvalue weighted by atomic mass is 35.5. The van der Waals surface area contributed by atoms with Crippen molar-refractivity contribution in [3.8, 4) is 0 Å². The number of nitrogens with one attached hydrogen (secondary N) is 2. The second-order valence-electron chi connectivity index (χ2n) is 6.05. The van der Waals surface area contributed by atoms with E-state index < -0.39 is 0 Å². The number of carbonyl (C=O) groups is 2. The van der Waals surface area contributed by atoms with Gasteiger partial charge in [-0.15, -0.1) is 12.4 Å². The fourth-order valence-corrected chi connectivity index (χ4v) is 3.29. The summed E-state index contributed by atoms with van der Waals surface area (Å²) in [5, 5.41) is 1.96. The number of aromatic nitrogens is 2. The van der Waals surface area contributed by atoms with Gasteiger partial charge in [-0.3, -0.25) is 9.59 Å².